The predicted molar refractivity (Wildman–Crippen MR) is 121 cm³/mol. The molecule has 10 heteroatoms. The molecule has 9 nitrogen and oxygen atoms in total. The number of benzene rings is 2. The van der Waals surface area contributed by atoms with Crippen LogP contribution in [0.2, 0.25) is 0 Å². The van der Waals surface area contributed by atoms with E-state index in [4.69, 9.17) is 5.11 Å². The van der Waals surface area contributed by atoms with Crippen LogP contribution in [-0.2, 0) is 16.0 Å². The number of aromatic nitrogens is 1. The van der Waals surface area contributed by atoms with Gasteiger partial charge in [-0.1, -0.05) is 60.2 Å². The summed E-state index contributed by atoms with van der Waals surface area (Å²) in [5.41, 5.74) is 2.11. The van der Waals surface area contributed by atoms with E-state index in [-0.39, 0.29) is 17.2 Å². The van der Waals surface area contributed by atoms with Crippen molar-refractivity contribution in [2.24, 2.45) is 0 Å². The van der Waals surface area contributed by atoms with Crippen molar-refractivity contribution >= 4 is 40.3 Å². The van der Waals surface area contributed by atoms with Gasteiger partial charge in [0.2, 0.25) is 5.91 Å². The highest BCUT2D eigenvalue weighted by Gasteiger charge is 2.45. The average Bonchev–Trinajstić information content (AvgIpc) is 3.37. The number of urea groups is 1. The second-order valence-electron chi connectivity index (χ2n) is 7.54. The lowest BCUT2D eigenvalue weighted by Gasteiger charge is -2.24. The molecule has 2 aromatic carbocycles. The zero-order chi connectivity index (χ0) is 23.5. The van der Waals surface area contributed by atoms with Crippen molar-refractivity contribution in [2.45, 2.75) is 25.4 Å². The third kappa shape index (κ3) is 4.75. The molecule has 1 fully saturated rings. The van der Waals surface area contributed by atoms with Crippen LogP contribution in [0.1, 0.15) is 33.2 Å². The Labute approximate surface area is 193 Å². The van der Waals surface area contributed by atoms with Gasteiger partial charge >= 0.3 is 12.0 Å². The molecule has 4 amide bonds. The van der Waals surface area contributed by atoms with E-state index in [0.717, 1.165) is 27.4 Å². The van der Waals surface area contributed by atoms with Crippen LogP contribution in [-0.4, -0.2) is 44.8 Å². The molecule has 1 saturated heterocycles. The summed E-state index contributed by atoms with van der Waals surface area (Å²) in [6, 6.07) is 13.5. The number of nitrogens with zero attached hydrogens (tertiary/aromatic N) is 2. The number of amides is 4. The van der Waals surface area contributed by atoms with Crippen molar-refractivity contribution in [2.75, 3.05) is 5.32 Å². The highest BCUT2D eigenvalue weighted by atomic mass is 32.1. The van der Waals surface area contributed by atoms with Gasteiger partial charge in [0.05, 0.1) is 0 Å². The fourth-order valence-electron chi connectivity index (χ4n) is 3.62. The third-order valence-corrected chi connectivity index (χ3v) is 5.94. The Bertz CT molecular complexity index is 1230. The fraction of sp³-hybridized carbons (Fsp3) is 0.174. The van der Waals surface area contributed by atoms with Crippen molar-refractivity contribution in [3.8, 4) is 0 Å². The minimum absolute atomic E-state index is 0.0674. The van der Waals surface area contributed by atoms with E-state index >= 15 is 0 Å². The van der Waals surface area contributed by atoms with Crippen LogP contribution in [0.3, 0.4) is 0 Å². The Hall–Kier alpha value is -4.05. The molecule has 2 atom stereocenters. The number of hydrogen-bond acceptors (Lipinski definition) is 6. The Kier molecular flexibility index (Phi) is 6.18. The normalized spacial score (nSPS) is 16.4. The highest BCUT2D eigenvalue weighted by molar-refractivity contribution is 7.14. The maximum Gasteiger partial charge on any atom is 0.355 e. The summed E-state index contributed by atoms with van der Waals surface area (Å²) < 4.78 is 0. The van der Waals surface area contributed by atoms with E-state index in [1.807, 2.05) is 25.1 Å². The number of hydrogen-bond donors (Lipinski definition) is 3. The molecule has 3 aromatic rings. The molecule has 1 aliphatic rings. The van der Waals surface area contributed by atoms with E-state index in [2.05, 4.69) is 15.6 Å². The molecule has 0 saturated carbocycles. The largest absolute Gasteiger partial charge is 0.476 e. The number of aryl methyl sites for hydroxylation is 1. The molecular formula is C23H20N4O5S. The molecule has 1 aromatic heterocycles. The lowest BCUT2D eigenvalue weighted by atomic mass is 10.0. The summed E-state index contributed by atoms with van der Waals surface area (Å²) in [5, 5.41) is 15.6. The average molecular weight is 465 g/mol. The monoisotopic (exact) mass is 464 g/mol. The van der Waals surface area contributed by atoms with E-state index in [0.29, 0.717) is 5.56 Å². The molecule has 168 valence electrons. The van der Waals surface area contributed by atoms with Crippen LogP contribution in [0.25, 0.3) is 0 Å². The number of carbonyl (C=O) groups excluding carboxylic acids is 3. The SMILES string of the molecule is Cc1cccc(C2NC(=O)N(C(Cc3ccccc3)C(=O)Nc3nc(C(=O)O)cs3)C2=O)c1. The summed E-state index contributed by atoms with van der Waals surface area (Å²) >= 11 is 0.945. The maximum atomic E-state index is 13.3. The number of thiazole rings is 1. The summed E-state index contributed by atoms with van der Waals surface area (Å²) in [6.07, 6.45) is 0.0868. The first-order chi connectivity index (χ1) is 15.8. The first-order valence-electron chi connectivity index (χ1n) is 10.1. The van der Waals surface area contributed by atoms with Crippen LogP contribution in [0, 0.1) is 6.92 Å². The quantitative estimate of drug-likeness (QED) is 0.461. The Morgan fingerprint density at radius 1 is 1.18 bits per heavy atom. The van der Waals surface area contributed by atoms with Crippen LogP contribution >= 0.6 is 11.3 Å². The second-order valence-corrected chi connectivity index (χ2v) is 8.40. The van der Waals surface area contributed by atoms with Crippen LogP contribution < -0.4 is 10.6 Å². The van der Waals surface area contributed by atoms with E-state index in [1.165, 1.54) is 5.38 Å². The molecule has 0 bridgehead atoms. The summed E-state index contributed by atoms with van der Waals surface area (Å²) in [4.78, 5) is 55.2. The second kappa shape index (κ2) is 9.21. The van der Waals surface area contributed by atoms with E-state index in [9.17, 15) is 19.2 Å². The third-order valence-electron chi connectivity index (χ3n) is 5.19. The molecule has 2 unspecified atom stereocenters. The molecule has 4 rings (SSSR count). The molecule has 3 N–H and O–H groups in total. The minimum Gasteiger partial charge on any atom is -0.476 e. The van der Waals surface area contributed by atoms with Crippen LogP contribution in [0.4, 0.5) is 9.93 Å². The number of carboxylic acids is 1. The fourth-order valence-corrected chi connectivity index (χ4v) is 4.31. The van der Waals surface area contributed by atoms with Gasteiger partial charge in [0, 0.05) is 11.8 Å². The van der Waals surface area contributed by atoms with Gasteiger partial charge in [0.25, 0.3) is 5.91 Å². The van der Waals surface area contributed by atoms with Crippen molar-refractivity contribution in [1.82, 2.24) is 15.2 Å². The van der Waals surface area contributed by atoms with Gasteiger partial charge in [-0.05, 0) is 18.1 Å². The first kappa shape index (κ1) is 22.2. The van der Waals surface area contributed by atoms with E-state index < -0.39 is 35.9 Å². The molecule has 33 heavy (non-hydrogen) atoms. The standard InChI is InChI=1S/C23H20N4O5S/c1-13-6-5-9-15(10-13)18-20(29)27(23(32)25-18)17(11-14-7-3-2-4-8-14)19(28)26-22-24-16(12-33-22)21(30)31/h2-10,12,17-18H,11H2,1H3,(H,25,32)(H,30,31)(H,24,26,28). The Balaban J connectivity index is 1.63. The van der Waals surface area contributed by atoms with Crippen LogP contribution in [0.15, 0.2) is 60.0 Å². The van der Waals surface area contributed by atoms with Gasteiger partial charge < -0.3 is 15.7 Å². The number of imide groups is 1. The lowest BCUT2D eigenvalue weighted by molar-refractivity contribution is -0.134. The molecule has 2 heterocycles. The Morgan fingerprint density at radius 2 is 1.94 bits per heavy atom. The van der Waals surface area contributed by atoms with E-state index in [1.54, 1.807) is 36.4 Å². The topological polar surface area (TPSA) is 129 Å². The smallest absolute Gasteiger partial charge is 0.355 e. The van der Waals surface area contributed by atoms with Gasteiger partial charge in [-0.25, -0.2) is 19.5 Å². The summed E-state index contributed by atoms with van der Waals surface area (Å²) in [7, 11) is 0. The number of rotatable bonds is 7. The molecule has 0 radical (unpaired) electrons. The van der Waals surface area contributed by atoms with Crippen molar-refractivity contribution in [3.63, 3.8) is 0 Å². The zero-order valence-corrected chi connectivity index (χ0v) is 18.3. The number of carbonyl (C=O) groups is 4. The minimum atomic E-state index is -1.22. The van der Waals surface area contributed by atoms with Gasteiger partial charge in [0.1, 0.15) is 12.1 Å². The Morgan fingerprint density at radius 3 is 2.61 bits per heavy atom. The van der Waals surface area contributed by atoms with Crippen molar-refractivity contribution in [1.29, 1.82) is 0 Å². The number of anilines is 1. The van der Waals surface area contributed by atoms with Gasteiger partial charge in [-0.3, -0.25) is 9.59 Å². The van der Waals surface area contributed by atoms with Gasteiger partial charge in [-0.15, -0.1) is 11.3 Å². The predicted octanol–water partition coefficient (Wildman–Crippen LogP) is 2.99. The highest BCUT2D eigenvalue weighted by Crippen LogP contribution is 2.26. The van der Waals surface area contributed by atoms with Crippen molar-refractivity contribution < 1.29 is 24.3 Å². The molecule has 0 aliphatic carbocycles. The van der Waals surface area contributed by atoms with Crippen LogP contribution in [0.5, 0.6) is 0 Å². The molecule has 1 aliphatic heterocycles. The van der Waals surface area contributed by atoms with Gasteiger partial charge in [-0.2, -0.15) is 0 Å². The number of nitrogens with one attached hydrogen (secondary N) is 2. The zero-order valence-electron chi connectivity index (χ0n) is 17.5. The molecular weight excluding hydrogens is 444 g/mol. The van der Waals surface area contributed by atoms with Gasteiger partial charge in [0.15, 0.2) is 10.8 Å². The maximum absolute atomic E-state index is 13.3. The number of carboxylic acid groups (broad SMARTS) is 1. The molecule has 0 spiro atoms. The van der Waals surface area contributed by atoms with Crippen molar-refractivity contribution in [3.05, 3.63) is 82.4 Å². The first-order valence-corrected chi connectivity index (χ1v) is 10.9. The lowest BCUT2D eigenvalue weighted by Crippen LogP contribution is -2.49. The summed E-state index contributed by atoms with van der Waals surface area (Å²) in [5.74, 6) is -2.40. The summed E-state index contributed by atoms with van der Waals surface area (Å²) in [6.45, 7) is 1.88. The number of aromatic carboxylic acids is 1.